The highest BCUT2D eigenvalue weighted by molar-refractivity contribution is 5.78. The molecule has 0 radical (unpaired) electrons. The van der Waals surface area contributed by atoms with Crippen LogP contribution in [0.2, 0.25) is 0 Å². The highest BCUT2D eigenvalue weighted by atomic mass is 16.5. The van der Waals surface area contributed by atoms with Crippen molar-refractivity contribution in [3.05, 3.63) is 64.2 Å². The summed E-state index contributed by atoms with van der Waals surface area (Å²) in [7, 11) is 0. The summed E-state index contributed by atoms with van der Waals surface area (Å²) in [5.41, 5.74) is 6.91. The average molecular weight is 364 g/mol. The summed E-state index contributed by atoms with van der Waals surface area (Å²) in [6.45, 7) is 2.11. The van der Waals surface area contributed by atoms with Crippen LogP contribution in [0.15, 0.2) is 36.4 Å². The first-order valence-electron chi connectivity index (χ1n) is 10.3. The minimum absolute atomic E-state index is 0.00291. The SMILES string of the molecule is C[C@@H](NC(=O)COc1ccc2c(c1)CCCC2)c1ccc2c(c1)CCCC2. The first-order chi connectivity index (χ1) is 13.2. The molecule has 1 N–H and O–H groups in total. The Kier molecular flexibility index (Phi) is 5.47. The predicted octanol–water partition coefficient (Wildman–Crippen LogP) is 4.70. The third-order valence-electron chi connectivity index (χ3n) is 5.94. The summed E-state index contributed by atoms with van der Waals surface area (Å²) in [4.78, 5) is 12.3. The number of ether oxygens (including phenoxy) is 1. The van der Waals surface area contributed by atoms with Crippen molar-refractivity contribution in [2.75, 3.05) is 6.61 Å². The Bertz CT molecular complexity index is 827. The molecule has 0 saturated heterocycles. The van der Waals surface area contributed by atoms with Crippen LogP contribution in [0.25, 0.3) is 0 Å². The average Bonchev–Trinajstić information content (AvgIpc) is 2.71. The molecule has 4 rings (SSSR count). The van der Waals surface area contributed by atoms with E-state index >= 15 is 0 Å². The van der Waals surface area contributed by atoms with Crippen molar-refractivity contribution >= 4 is 5.91 Å². The molecule has 1 atom stereocenters. The van der Waals surface area contributed by atoms with Gasteiger partial charge in [-0.05, 0) is 98.2 Å². The number of hydrogen-bond donors (Lipinski definition) is 1. The van der Waals surface area contributed by atoms with Crippen molar-refractivity contribution in [2.45, 2.75) is 64.3 Å². The standard InChI is InChI=1S/C24H29NO2/c1-17(20-11-10-18-6-2-4-8-21(18)14-20)25-24(26)16-27-23-13-12-19-7-3-5-9-22(19)15-23/h10-15,17H,2-9,16H2,1H3,(H,25,26)/t17-/m1/s1. The van der Waals surface area contributed by atoms with Gasteiger partial charge in [0, 0.05) is 0 Å². The summed E-state index contributed by atoms with van der Waals surface area (Å²) in [5, 5.41) is 3.07. The third-order valence-corrected chi connectivity index (χ3v) is 5.94. The second-order valence-corrected chi connectivity index (χ2v) is 7.95. The molecule has 0 spiro atoms. The first kappa shape index (κ1) is 18.1. The van der Waals surface area contributed by atoms with Crippen molar-refractivity contribution in [3.8, 4) is 5.75 Å². The highest BCUT2D eigenvalue weighted by Gasteiger charge is 2.15. The van der Waals surface area contributed by atoms with Crippen LogP contribution in [0.3, 0.4) is 0 Å². The molecule has 3 heteroatoms. The summed E-state index contributed by atoms with van der Waals surface area (Å²) in [6.07, 6.45) is 9.70. The Morgan fingerprint density at radius 1 is 0.889 bits per heavy atom. The molecule has 0 heterocycles. The molecule has 3 nitrogen and oxygen atoms in total. The lowest BCUT2D eigenvalue weighted by molar-refractivity contribution is -0.123. The molecular formula is C24H29NO2. The number of carbonyl (C=O) groups is 1. The zero-order chi connectivity index (χ0) is 18.6. The second-order valence-electron chi connectivity index (χ2n) is 7.95. The maximum Gasteiger partial charge on any atom is 0.258 e. The van der Waals surface area contributed by atoms with Gasteiger partial charge in [0.15, 0.2) is 6.61 Å². The van der Waals surface area contributed by atoms with Gasteiger partial charge in [0.2, 0.25) is 0 Å². The van der Waals surface area contributed by atoms with Gasteiger partial charge in [0.25, 0.3) is 5.91 Å². The zero-order valence-corrected chi connectivity index (χ0v) is 16.2. The van der Waals surface area contributed by atoms with Crippen LogP contribution in [-0.2, 0) is 30.5 Å². The van der Waals surface area contributed by atoms with Gasteiger partial charge in [0.1, 0.15) is 5.75 Å². The van der Waals surface area contributed by atoms with Gasteiger partial charge in [-0.25, -0.2) is 0 Å². The molecule has 27 heavy (non-hydrogen) atoms. The van der Waals surface area contributed by atoms with Crippen molar-refractivity contribution in [2.24, 2.45) is 0 Å². The quantitative estimate of drug-likeness (QED) is 0.836. The number of fused-ring (bicyclic) bond motifs is 2. The van der Waals surface area contributed by atoms with Crippen LogP contribution in [0.1, 0.15) is 66.5 Å². The number of nitrogens with one attached hydrogen (secondary N) is 1. The lowest BCUT2D eigenvalue weighted by Gasteiger charge is -2.20. The van der Waals surface area contributed by atoms with E-state index in [-0.39, 0.29) is 18.6 Å². The molecule has 0 bridgehead atoms. The Hall–Kier alpha value is -2.29. The first-order valence-corrected chi connectivity index (χ1v) is 10.3. The van der Waals surface area contributed by atoms with Crippen molar-refractivity contribution in [1.29, 1.82) is 0 Å². The molecule has 0 aromatic heterocycles. The van der Waals surface area contributed by atoms with E-state index in [9.17, 15) is 4.79 Å². The zero-order valence-electron chi connectivity index (χ0n) is 16.2. The summed E-state index contributed by atoms with van der Waals surface area (Å²) in [5.74, 6) is 0.727. The Balaban J connectivity index is 1.32. The molecule has 142 valence electrons. The fourth-order valence-corrected chi connectivity index (χ4v) is 4.34. The monoisotopic (exact) mass is 363 g/mol. The molecule has 0 unspecified atom stereocenters. The number of carbonyl (C=O) groups excluding carboxylic acids is 1. The molecule has 2 aliphatic carbocycles. The lowest BCUT2D eigenvalue weighted by Crippen LogP contribution is -2.31. The maximum absolute atomic E-state index is 12.3. The van der Waals surface area contributed by atoms with Gasteiger partial charge < -0.3 is 10.1 Å². The fourth-order valence-electron chi connectivity index (χ4n) is 4.34. The number of hydrogen-bond acceptors (Lipinski definition) is 2. The van der Waals surface area contributed by atoms with E-state index in [4.69, 9.17) is 4.74 Å². The molecule has 1 amide bonds. The molecule has 0 fully saturated rings. The van der Waals surface area contributed by atoms with E-state index < -0.39 is 0 Å². The molecule has 2 aromatic rings. The normalized spacial score (nSPS) is 16.8. The maximum atomic E-state index is 12.3. The van der Waals surface area contributed by atoms with Gasteiger partial charge >= 0.3 is 0 Å². The number of rotatable bonds is 5. The van der Waals surface area contributed by atoms with E-state index in [0.29, 0.717) is 0 Å². The van der Waals surface area contributed by atoms with E-state index in [1.807, 2.05) is 13.0 Å². The fraction of sp³-hybridized carbons (Fsp3) is 0.458. The van der Waals surface area contributed by atoms with Crippen LogP contribution in [0.5, 0.6) is 5.75 Å². The number of amides is 1. The third kappa shape index (κ3) is 4.35. The number of aryl methyl sites for hydroxylation is 4. The van der Waals surface area contributed by atoms with E-state index in [0.717, 1.165) is 25.0 Å². The van der Waals surface area contributed by atoms with E-state index in [1.54, 1.807) is 0 Å². The topological polar surface area (TPSA) is 38.3 Å². The summed E-state index contributed by atoms with van der Waals surface area (Å²) >= 11 is 0. The Morgan fingerprint density at radius 3 is 2.19 bits per heavy atom. The van der Waals surface area contributed by atoms with Crippen LogP contribution in [-0.4, -0.2) is 12.5 Å². The van der Waals surface area contributed by atoms with Gasteiger partial charge in [0.05, 0.1) is 6.04 Å². The van der Waals surface area contributed by atoms with Gasteiger partial charge in [-0.15, -0.1) is 0 Å². The summed E-state index contributed by atoms with van der Waals surface area (Å²) < 4.78 is 5.75. The lowest BCUT2D eigenvalue weighted by atomic mass is 9.89. The van der Waals surface area contributed by atoms with Gasteiger partial charge in [-0.1, -0.05) is 24.3 Å². The molecule has 0 aliphatic heterocycles. The largest absolute Gasteiger partial charge is 0.484 e. The van der Waals surface area contributed by atoms with Crippen LogP contribution in [0, 0.1) is 0 Å². The predicted molar refractivity (Wildman–Crippen MR) is 108 cm³/mol. The second kappa shape index (κ2) is 8.16. The smallest absolute Gasteiger partial charge is 0.258 e. The highest BCUT2D eigenvalue weighted by Crippen LogP contribution is 2.26. The Morgan fingerprint density at radius 2 is 1.48 bits per heavy atom. The van der Waals surface area contributed by atoms with Crippen LogP contribution >= 0.6 is 0 Å². The van der Waals surface area contributed by atoms with Gasteiger partial charge in [-0.3, -0.25) is 4.79 Å². The van der Waals surface area contributed by atoms with E-state index in [1.165, 1.54) is 59.9 Å². The van der Waals surface area contributed by atoms with Crippen molar-refractivity contribution < 1.29 is 9.53 Å². The molecule has 0 saturated carbocycles. The minimum Gasteiger partial charge on any atom is -0.484 e. The van der Waals surface area contributed by atoms with Crippen molar-refractivity contribution in [3.63, 3.8) is 0 Å². The van der Waals surface area contributed by atoms with Crippen LogP contribution in [0.4, 0.5) is 0 Å². The number of benzene rings is 2. The van der Waals surface area contributed by atoms with Gasteiger partial charge in [-0.2, -0.15) is 0 Å². The minimum atomic E-state index is -0.0714. The van der Waals surface area contributed by atoms with Crippen LogP contribution < -0.4 is 10.1 Å². The molecule has 2 aliphatic rings. The molecule has 2 aromatic carbocycles. The Labute approximate surface area is 162 Å². The van der Waals surface area contributed by atoms with Crippen molar-refractivity contribution in [1.82, 2.24) is 5.32 Å². The summed E-state index contributed by atoms with van der Waals surface area (Å²) in [6, 6.07) is 12.9. The van der Waals surface area contributed by atoms with E-state index in [2.05, 4.69) is 35.6 Å². The molecular weight excluding hydrogens is 334 g/mol.